The van der Waals surface area contributed by atoms with Crippen LogP contribution in [0.3, 0.4) is 0 Å². The van der Waals surface area contributed by atoms with Gasteiger partial charge in [0.15, 0.2) is 0 Å². The summed E-state index contributed by atoms with van der Waals surface area (Å²) in [5.41, 5.74) is 2.32. The van der Waals surface area contributed by atoms with Crippen LogP contribution in [0, 0.1) is 12.3 Å². The number of rotatable bonds is 2. The van der Waals surface area contributed by atoms with Crippen LogP contribution in [0.25, 0.3) is 6.08 Å². The molecule has 0 unspecified atom stereocenters. The Bertz CT molecular complexity index is 413. The van der Waals surface area contributed by atoms with Crippen LogP contribution in [0.2, 0.25) is 0 Å². The Morgan fingerprint density at radius 2 is 2.40 bits per heavy atom. The highest BCUT2D eigenvalue weighted by atomic mass is 16.5. The summed E-state index contributed by atoms with van der Waals surface area (Å²) >= 11 is 0. The van der Waals surface area contributed by atoms with Gasteiger partial charge in [0.25, 0.3) is 0 Å². The third-order valence-electron chi connectivity index (χ3n) is 2.21. The third kappa shape index (κ3) is 2.39. The number of terminal acetylenes is 1. The first kappa shape index (κ1) is 9.82. The molecule has 0 bridgehead atoms. The molecule has 0 atom stereocenters. The highest BCUT2D eigenvalue weighted by Gasteiger charge is 2.05. The van der Waals surface area contributed by atoms with E-state index in [4.69, 9.17) is 15.9 Å². The van der Waals surface area contributed by atoms with Crippen LogP contribution in [0.15, 0.2) is 24.3 Å². The maximum Gasteiger partial charge on any atom is 0.148 e. The fourth-order valence-electron chi connectivity index (χ4n) is 1.50. The lowest BCUT2D eigenvalue weighted by atomic mass is 10.1. The van der Waals surface area contributed by atoms with Crippen LogP contribution < -0.4 is 4.74 Å². The number of hydrogen-bond donors (Lipinski definition) is 0. The van der Waals surface area contributed by atoms with Crippen molar-refractivity contribution in [1.29, 1.82) is 0 Å². The minimum absolute atomic E-state index is 0.301. The second kappa shape index (κ2) is 4.68. The van der Waals surface area contributed by atoms with E-state index >= 15 is 0 Å². The highest BCUT2D eigenvalue weighted by Crippen LogP contribution is 2.21. The van der Waals surface area contributed by atoms with Gasteiger partial charge in [-0.15, -0.1) is 6.42 Å². The molecule has 0 N–H and O–H groups in total. The number of hydrogen-bond acceptors (Lipinski definition) is 2. The third-order valence-corrected chi connectivity index (χ3v) is 2.21. The van der Waals surface area contributed by atoms with E-state index in [1.807, 2.05) is 24.3 Å². The molecule has 2 heteroatoms. The zero-order valence-electron chi connectivity index (χ0n) is 8.40. The molecule has 15 heavy (non-hydrogen) atoms. The van der Waals surface area contributed by atoms with Gasteiger partial charge in [-0.3, -0.25) is 0 Å². The van der Waals surface area contributed by atoms with Gasteiger partial charge in [0.1, 0.15) is 12.4 Å². The van der Waals surface area contributed by atoms with Gasteiger partial charge in [0.2, 0.25) is 0 Å². The Hall–Kier alpha value is -1.72. The largest absolute Gasteiger partial charge is 0.481 e. The minimum atomic E-state index is 0.301. The van der Waals surface area contributed by atoms with Gasteiger partial charge in [-0.25, -0.2) is 0 Å². The van der Waals surface area contributed by atoms with Crippen LogP contribution in [-0.4, -0.2) is 13.2 Å². The van der Waals surface area contributed by atoms with Gasteiger partial charge in [0.05, 0.1) is 13.2 Å². The van der Waals surface area contributed by atoms with Gasteiger partial charge in [-0.1, -0.05) is 24.1 Å². The molecule has 1 aliphatic heterocycles. The summed E-state index contributed by atoms with van der Waals surface area (Å²) in [6.07, 6.45) is 9.20. The Kier molecular flexibility index (Phi) is 3.06. The van der Waals surface area contributed by atoms with Crippen LogP contribution in [0.4, 0.5) is 0 Å². The minimum Gasteiger partial charge on any atom is -0.481 e. The molecule has 0 aromatic heterocycles. The molecule has 1 aromatic rings. The van der Waals surface area contributed by atoms with Crippen molar-refractivity contribution in [3.05, 3.63) is 35.4 Å². The summed E-state index contributed by atoms with van der Waals surface area (Å²) < 4.78 is 10.7. The van der Waals surface area contributed by atoms with Crippen LogP contribution >= 0.6 is 0 Å². The lowest BCUT2D eigenvalue weighted by Gasteiger charge is -2.07. The van der Waals surface area contributed by atoms with E-state index in [0.717, 1.165) is 11.3 Å². The maximum absolute atomic E-state index is 5.40. The summed E-state index contributed by atoms with van der Waals surface area (Å²) in [5.74, 6) is 3.24. The second-order valence-electron chi connectivity index (χ2n) is 3.27. The van der Waals surface area contributed by atoms with Gasteiger partial charge in [-0.05, 0) is 23.3 Å². The topological polar surface area (TPSA) is 18.5 Å². The summed E-state index contributed by atoms with van der Waals surface area (Å²) in [4.78, 5) is 0. The Morgan fingerprint density at radius 3 is 3.27 bits per heavy atom. The van der Waals surface area contributed by atoms with Crippen LogP contribution in [-0.2, 0) is 11.3 Å². The normalized spacial score (nSPS) is 13.8. The van der Waals surface area contributed by atoms with Crippen molar-refractivity contribution in [2.24, 2.45) is 0 Å². The molecule has 76 valence electrons. The Balaban J connectivity index is 2.22. The fraction of sp³-hybridized carbons (Fsp3) is 0.231. The standard InChI is InChI=1S/C13H12O2/c1-2-7-15-13-6-5-11-4-3-8-14-10-12(11)9-13/h1,3-6,9H,7-8,10H2. The molecular weight excluding hydrogens is 188 g/mol. The summed E-state index contributed by atoms with van der Waals surface area (Å²) in [5, 5.41) is 0. The molecular formula is C13H12O2. The van der Waals surface area contributed by atoms with Crippen molar-refractivity contribution >= 4 is 6.08 Å². The predicted molar refractivity (Wildman–Crippen MR) is 59.5 cm³/mol. The fourth-order valence-corrected chi connectivity index (χ4v) is 1.50. The van der Waals surface area contributed by atoms with E-state index in [1.54, 1.807) is 0 Å². The quantitative estimate of drug-likeness (QED) is 0.682. The van der Waals surface area contributed by atoms with Gasteiger partial charge in [0, 0.05) is 0 Å². The number of fused-ring (bicyclic) bond motifs is 1. The smallest absolute Gasteiger partial charge is 0.148 e. The van der Waals surface area contributed by atoms with E-state index in [1.165, 1.54) is 5.56 Å². The Morgan fingerprint density at radius 1 is 1.47 bits per heavy atom. The first-order valence-corrected chi connectivity index (χ1v) is 4.83. The monoisotopic (exact) mass is 200 g/mol. The van der Waals surface area contributed by atoms with E-state index in [9.17, 15) is 0 Å². The maximum atomic E-state index is 5.40. The molecule has 0 saturated heterocycles. The average molecular weight is 200 g/mol. The van der Waals surface area contributed by atoms with E-state index in [2.05, 4.69) is 12.0 Å². The first-order chi connectivity index (χ1) is 7.40. The zero-order valence-corrected chi connectivity index (χ0v) is 8.40. The van der Waals surface area contributed by atoms with Gasteiger partial charge >= 0.3 is 0 Å². The molecule has 2 nitrogen and oxygen atoms in total. The molecule has 0 amide bonds. The van der Waals surface area contributed by atoms with Crippen molar-refractivity contribution in [2.75, 3.05) is 13.2 Å². The van der Waals surface area contributed by atoms with Crippen molar-refractivity contribution in [1.82, 2.24) is 0 Å². The van der Waals surface area contributed by atoms with Crippen molar-refractivity contribution in [2.45, 2.75) is 6.61 Å². The second-order valence-corrected chi connectivity index (χ2v) is 3.27. The number of benzene rings is 1. The molecule has 2 rings (SSSR count). The summed E-state index contributed by atoms with van der Waals surface area (Å²) in [6, 6.07) is 5.92. The molecule has 0 saturated carbocycles. The molecule has 1 aliphatic rings. The zero-order chi connectivity index (χ0) is 10.5. The average Bonchev–Trinajstić information content (AvgIpc) is 2.50. The molecule has 0 aliphatic carbocycles. The lowest BCUT2D eigenvalue weighted by molar-refractivity contribution is 0.150. The summed E-state index contributed by atoms with van der Waals surface area (Å²) in [6.45, 7) is 1.58. The van der Waals surface area contributed by atoms with Crippen molar-refractivity contribution in [3.63, 3.8) is 0 Å². The Labute approximate surface area is 89.5 Å². The molecule has 0 spiro atoms. The SMILES string of the molecule is C#CCOc1ccc2c(c1)COCC=C2. The lowest BCUT2D eigenvalue weighted by Crippen LogP contribution is -1.96. The van der Waals surface area contributed by atoms with Crippen LogP contribution in [0.1, 0.15) is 11.1 Å². The number of ether oxygens (including phenoxy) is 2. The van der Waals surface area contributed by atoms with E-state index in [0.29, 0.717) is 19.8 Å². The highest BCUT2D eigenvalue weighted by molar-refractivity contribution is 5.56. The van der Waals surface area contributed by atoms with Gasteiger partial charge in [-0.2, -0.15) is 0 Å². The van der Waals surface area contributed by atoms with E-state index in [-0.39, 0.29) is 0 Å². The molecule has 0 fully saturated rings. The van der Waals surface area contributed by atoms with E-state index < -0.39 is 0 Å². The molecule has 1 heterocycles. The predicted octanol–water partition coefficient (Wildman–Crippen LogP) is 2.24. The molecule has 0 radical (unpaired) electrons. The summed E-state index contributed by atoms with van der Waals surface area (Å²) in [7, 11) is 0. The first-order valence-electron chi connectivity index (χ1n) is 4.83. The molecule has 1 aromatic carbocycles. The van der Waals surface area contributed by atoms with Crippen molar-refractivity contribution in [3.8, 4) is 18.1 Å². The van der Waals surface area contributed by atoms with Crippen molar-refractivity contribution < 1.29 is 9.47 Å². The van der Waals surface area contributed by atoms with Crippen LogP contribution in [0.5, 0.6) is 5.75 Å². The van der Waals surface area contributed by atoms with Gasteiger partial charge < -0.3 is 9.47 Å².